The standard InChI is InChI=1S/C16H25N/c1-13-8-10-14(11-9-13)12-16(17-2)15-6-4-3-5-7-15/h8-11,15-17H,3-7,12H2,1-2H3. The van der Waals surface area contributed by atoms with Crippen LogP contribution in [0.15, 0.2) is 24.3 Å². The van der Waals surface area contributed by atoms with Crippen molar-refractivity contribution in [1.82, 2.24) is 5.32 Å². The molecule has 0 spiro atoms. The summed E-state index contributed by atoms with van der Waals surface area (Å²) in [7, 11) is 2.12. The fraction of sp³-hybridized carbons (Fsp3) is 0.625. The molecule has 0 heterocycles. The van der Waals surface area contributed by atoms with Crippen LogP contribution in [-0.2, 0) is 6.42 Å². The van der Waals surface area contributed by atoms with E-state index in [1.165, 1.54) is 49.7 Å². The normalized spacial score (nSPS) is 19.2. The summed E-state index contributed by atoms with van der Waals surface area (Å²) in [5.74, 6) is 0.884. The molecule has 0 saturated heterocycles. The van der Waals surface area contributed by atoms with Crippen LogP contribution in [0.25, 0.3) is 0 Å². The lowest BCUT2D eigenvalue weighted by molar-refractivity contribution is 0.277. The van der Waals surface area contributed by atoms with Crippen molar-refractivity contribution >= 4 is 0 Å². The minimum absolute atomic E-state index is 0.665. The number of aryl methyl sites for hydroxylation is 1. The SMILES string of the molecule is CNC(Cc1ccc(C)cc1)C1CCCCC1. The van der Waals surface area contributed by atoms with E-state index in [1.807, 2.05) is 0 Å². The Bertz CT molecular complexity index is 322. The topological polar surface area (TPSA) is 12.0 Å². The van der Waals surface area contributed by atoms with Crippen LogP contribution in [0.1, 0.15) is 43.2 Å². The van der Waals surface area contributed by atoms with Gasteiger partial charge in [0.15, 0.2) is 0 Å². The van der Waals surface area contributed by atoms with Crippen LogP contribution in [-0.4, -0.2) is 13.1 Å². The van der Waals surface area contributed by atoms with Gasteiger partial charge in [0, 0.05) is 6.04 Å². The maximum atomic E-state index is 3.53. The summed E-state index contributed by atoms with van der Waals surface area (Å²) in [5.41, 5.74) is 2.83. The highest BCUT2D eigenvalue weighted by atomic mass is 14.9. The van der Waals surface area contributed by atoms with Crippen molar-refractivity contribution in [2.24, 2.45) is 5.92 Å². The monoisotopic (exact) mass is 231 g/mol. The molecule has 0 aromatic heterocycles. The molecule has 1 aromatic carbocycles. The molecule has 1 atom stereocenters. The largest absolute Gasteiger partial charge is 0.316 e. The summed E-state index contributed by atoms with van der Waals surface area (Å²) in [5, 5.41) is 3.53. The summed E-state index contributed by atoms with van der Waals surface area (Å²) >= 11 is 0. The zero-order valence-corrected chi connectivity index (χ0v) is 11.2. The lowest BCUT2D eigenvalue weighted by atomic mass is 9.81. The van der Waals surface area contributed by atoms with Gasteiger partial charge < -0.3 is 5.32 Å². The van der Waals surface area contributed by atoms with Gasteiger partial charge in [0.25, 0.3) is 0 Å². The highest BCUT2D eigenvalue weighted by Crippen LogP contribution is 2.27. The maximum absolute atomic E-state index is 3.53. The van der Waals surface area contributed by atoms with Crippen LogP contribution in [0.2, 0.25) is 0 Å². The number of hydrogen-bond acceptors (Lipinski definition) is 1. The van der Waals surface area contributed by atoms with Gasteiger partial charge in [-0.15, -0.1) is 0 Å². The molecule has 1 N–H and O–H groups in total. The third-order valence-electron chi connectivity index (χ3n) is 4.17. The van der Waals surface area contributed by atoms with E-state index in [2.05, 4.69) is 43.6 Å². The van der Waals surface area contributed by atoms with E-state index in [0.717, 1.165) is 5.92 Å². The quantitative estimate of drug-likeness (QED) is 0.833. The molecule has 1 aromatic rings. The average Bonchev–Trinajstić information content (AvgIpc) is 2.39. The van der Waals surface area contributed by atoms with E-state index >= 15 is 0 Å². The summed E-state index contributed by atoms with van der Waals surface area (Å²) in [4.78, 5) is 0. The van der Waals surface area contributed by atoms with E-state index in [4.69, 9.17) is 0 Å². The summed E-state index contributed by atoms with van der Waals surface area (Å²) < 4.78 is 0. The van der Waals surface area contributed by atoms with Crippen LogP contribution < -0.4 is 5.32 Å². The molecule has 17 heavy (non-hydrogen) atoms. The zero-order chi connectivity index (χ0) is 12.1. The Morgan fingerprint density at radius 2 is 1.76 bits per heavy atom. The van der Waals surface area contributed by atoms with Crippen molar-refractivity contribution in [2.75, 3.05) is 7.05 Å². The van der Waals surface area contributed by atoms with Crippen molar-refractivity contribution < 1.29 is 0 Å². The van der Waals surface area contributed by atoms with Crippen LogP contribution >= 0.6 is 0 Å². The Morgan fingerprint density at radius 3 is 2.35 bits per heavy atom. The second kappa shape index (κ2) is 6.20. The minimum Gasteiger partial charge on any atom is -0.316 e. The fourth-order valence-corrected chi connectivity index (χ4v) is 3.02. The predicted molar refractivity (Wildman–Crippen MR) is 74.3 cm³/mol. The minimum atomic E-state index is 0.665. The molecule has 2 rings (SSSR count). The third-order valence-corrected chi connectivity index (χ3v) is 4.17. The Hall–Kier alpha value is -0.820. The van der Waals surface area contributed by atoms with Crippen molar-refractivity contribution in [2.45, 2.75) is 51.5 Å². The smallest absolute Gasteiger partial charge is 0.0133 e. The molecule has 1 saturated carbocycles. The molecule has 1 fully saturated rings. The van der Waals surface area contributed by atoms with E-state index in [-0.39, 0.29) is 0 Å². The molecule has 0 aliphatic heterocycles. The van der Waals surface area contributed by atoms with Crippen molar-refractivity contribution in [3.8, 4) is 0 Å². The molecule has 1 unspecified atom stereocenters. The first-order valence-corrected chi connectivity index (χ1v) is 7.02. The Labute approximate surface area is 106 Å². The molecule has 0 radical (unpaired) electrons. The molecule has 1 heteroatoms. The van der Waals surface area contributed by atoms with E-state index in [9.17, 15) is 0 Å². The van der Waals surface area contributed by atoms with Crippen LogP contribution in [0, 0.1) is 12.8 Å². The number of likely N-dealkylation sites (N-methyl/N-ethyl adjacent to an activating group) is 1. The van der Waals surface area contributed by atoms with Crippen LogP contribution in [0.4, 0.5) is 0 Å². The zero-order valence-electron chi connectivity index (χ0n) is 11.2. The fourth-order valence-electron chi connectivity index (χ4n) is 3.02. The lowest BCUT2D eigenvalue weighted by Gasteiger charge is -2.30. The van der Waals surface area contributed by atoms with Gasteiger partial charge in [0.2, 0.25) is 0 Å². The van der Waals surface area contributed by atoms with Gasteiger partial charge in [0.05, 0.1) is 0 Å². The molecule has 0 amide bonds. The second-order valence-electron chi connectivity index (χ2n) is 5.48. The molecule has 0 bridgehead atoms. The number of nitrogens with one attached hydrogen (secondary N) is 1. The Morgan fingerprint density at radius 1 is 1.12 bits per heavy atom. The van der Waals surface area contributed by atoms with Gasteiger partial charge in [-0.2, -0.15) is 0 Å². The average molecular weight is 231 g/mol. The Kier molecular flexibility index (Phi) is 4.61. The molecule has 94 valence electrons. The highest BCUT2D eigenvalue weighted by molar-refractivity contribution is 5.22. The van der Waals surface area contributed by atoms with Gasteiger partial charge in [0.1, 0.15) is 0 Å². The van der Waals surface area contributed by atoms with Crippen molar-refractivity contribution in [3.05, 3.63) is 35.4 Å². The van der Waals surface area contributed by atoms with Gasteiger partial charge in [-0.25, -0.2) is 0 Å². The highest BCUT2D eigenvalue weighted by Gasteiger charge is 2.22. The van der Waals surface area contributed by atoms with Gasteiger partial charge in [-0.05, 0) is 44.7 Å². The predicted octanol–water partition coefficient (Wildman–Crippen LogP) is 3.71. The second-order valence-corrected chi connectivity index (χ2v) is 5.48. The third kappa shape index (κ3) is 3.57. The summed E-state index contributed by atoms with van der Waals surface area (Å²) in [6.45, 7) is 2.15. The molecular formula is C16H25N. The molecular weight excluding hydrogens is 206 g/mol. The molecule has 1 nitrogen and oxygen atoms in total. The number of rotatable bonds is 4. The van der Waals surface area contributed by atoms with E-state index in [1.54, 1.807) is 0 Å². The lowest BCUT2D eigenvalue weighted by Crippen LogP contribution is -2.36. The summed E-state index contributed by atoms with van der Waals surface area (Å²) in [6.07, 6.45) is 8.31. The first-order valence-electron chi connectivity index (χ1n) is 7.02. The van der Waals surface area contributed by atoms with Gasteiger partial charge in [-0.3, -0.25) is 0 Å². The Balaban J connectivity index is 1.96. The molecule has 1 aliphatic rings. The first-order chi connectivity index (χ1) is 8.29. The maximum Gasteiger partial charge on any atom is 0.0133 e. The van der Waals surface area contributed by atoms with E-state index in [0.29, 0.717) is 6.04 Å². The summed E-state index contributed by atoms with van der Waals surface area (Å²) in [6, 6.07) is 9.68. The molecule has 1 aliphatic carbocycles. The van der Waals surface area contributed by atoms with Crippen LogP contribution in [0.3, 0.4) is 0 Å². The first kappa shape index (κ1) is 12.6. The number of hydrogen-bond donors (Lipinski definition) is 1. The van der Waals surface area contributed by atoms with Gasteiger partial charge in [-0.1, -0.05) is 49.1 Å². The van der Waals surface area contributed by atoms with E-state index < -0.39 is 0 Å². The number of benzene rings is 1. The van der Waals surface area contributed by atoms with Crippen LogP contribution in [0.5, 0.6) is 0 Å². The van der Waals surface area contributed by atoms with Crippen molar-refractivity contribution in [3.63, 3.8) is 0 Å². The van der Waals surface area contributed by atoms with Gasteiger partial charge >= 0.3 is 0 Å². The van der Waals surface area contributed by atoms with Crippen molar-refractivity contribution in [1.29, 1.82) is 0 Å².